The average molecular weight is 330 g/mol. The molecule has 6 unspecified atom stereocenters. The maximum atomic E-state index is 12.0. The zero-order chi connectivity index (χ0) is 17.3. The Morgan fingerprint density at radius 2 is 1.48 bits per heavy atom. The van der Waals surface area contributed by atoms with Gasteiger partial charge in [-0.25, -0.2) is 9.59 Å². The summed E-state index contributed by atoms with van der Waals surface area (Å²) >= 11 is 0. The van der Waals surface area contributed by atoms with Crippen LogP contribution in [-0.2, 0) is 14.3 Å². The second-order valence-electron chi connectivity index (χ2n) is 5.57. The number of ether oxygens (including phenoxy) is 1. The fraction of sp³-hybridized carbons (Fsp3) is 0.571. The highest BCUT2D eigenvalue weighted by atomic mass is 16.6. The van der Waals surface area contributed by atoms with Crippen molar-refractivity contribution in [2.24, 2.45) is 0 Å². The number of hydrogen-bond acceptors (Lipinski definition) is 8. The van der Waals surface area contributed by atoms with E-state index in [9.17, 15) is 35.1 Å². The SMILES string of the molecule is O=C(O)C1=CC(OC(=O)C2=CC(O)C(O)C(O)C2)C(O)C(O)C1. The number of carboxylic acids is 1. The molecule has 0 spiro atoms. The number of esters is 1. The lowest BCUT2D eigenvalue weighted by molar-refractivity contribution is -0.154. The lowest BCUT2D eigenvalue weighted by Gasteiger charge is -2.31. The number of carbonyl (C=O) groups is 2. The van der Waals surface area contributed by atoms with Crippen LogP contribution < -0.4 is 0 Å². The number of aliphatic carboxylic acids is 1. The predicted molar refractivity (Wildman–Crippen MR) is 72.9 cm³/mol. The minimum Gasteiger partial charge on any atom is -0.478 e. The predicted octanol–water partition coefficient (Wildman–Crippen LogP) is -2.55. The van der Waals surface area contributed by atoms with Crippen LogP contribution in [0.25, 0.3) is 0 Å². The van der Waals surface area contributed by atoms with Crippen molar-refractivity contribution in [3.05, 3.63) is 23.3 Å². The molecule has 9 nitrogen and oxygen atoms in total. The number of hydrogen-bond donors (Lipinski definition) is 6. The van der Waals surface area contributed by atoms with E-state index in [0.29, 0.717) is 0 Å². The summed E-state index contributed by atoms with van der Waals surface area (Å²) in [5, 5.41) is 56.8. The van der Waals surface area contributed by atoms with E-state index < -0.39 is 48.6 Å². The third kappa shape index (κ3) is 3.77. The van der Waals surface area contributed by atoms with E-state index in [0.717, 1.165) is 12.2 Å². The molecule has 6 N–H and O–H groups in total. The lowest BCUT2D eigenvalue weighted by Crippen LogP contribution is -2.45. The first kappa shape index (κ1) is 17.6. The van der Waals surface area contributed by atoms with E-state index in [1.54, 1.807) is 0 Å². The van der Waals surface area contributed by atoms with Crippen molar-refractivity contribution in [3.63, 3.8) is 0 Å². The lowest BCUT2D eigenvalue weighted by atomic mass is 9.91. The molecule has 9 heteroatoms. The van der Waals surface area contributed by atoms with Gasteiger partial charge < -0.3 is 35.4 Å². The zero-order valence-electron chi connectivity index (χ0n) is 11.9. The standard InChI is InChI=1S/C14H18O9/c15-7-2-6(3-8(16)11(7)18)14(22)23-10-4-5(13(20)21)1-9(17)12(10)19/h2,4,7-12,15-19H,1,3H2,(H,20,21). The van der Waals surface area contributed by atoms with Crippen molar-refractivity contribution in [2.45, 2.75) is 49.5 Å². The monoisotopic (exact) mass is 330 g/mol. The van der Waals surface area contributed by atoms with E-state index in [-0.39, 0.29) is 24.0 Å². The van der Waals surface area contributed by atoms with Gasteiger partial charge in [0.1, 0.15) is 24.4 Å². The molecular weight excluding hydrogens is 312 g/mol. The number of carbonyl (C=O) groups excluding carboxylic acids is 1. The van der Waals surface area contributed by atoms with Gasteiger partial charge in [0.2, 0.25) is 0 Å². The molecule has 0 aliphatic heterocycles. The smallest absolute Gasteiger partial charge is 0.334 e. The summed E-state index contributed by atoms with van der Waals surface area (Å²) in [6, 6.07) is 0. The summed E-state index contributed by atoms with van der Waals surface area (Å²) in [7, 11) is 0. The quantitative estimate of drug-likeness (QED) is 0.305. The minimum atomic E-state index is -1.49. The van der Waals surface area contributed by atoms with Gasteiger partial charge in [0.15, 0.2) is 0 Å². The van der Waals surface area contributed by atoms with Crippen LogP contribution in [0.5, 0.6) is 0 Å². The Bertz CT molecular complexity index is 552. The Morgan fingerprint density at radius 3 is 2.04 bits per heavy atom. The van der Waals surface area contributed by atoms with Crippen molar-refractivity contribution in [1.82, 2.24) is 0 Å². The van der Waals surface area contributed by atoms with Crippen molar-refractivity contribution in [1.29, 1.82) is 0 Å². The molecule has 0 fully saturated rings. The molecule has 2 rings (SSSR count). The van der Waals surface area contributed by atoms with E-state index in [2.05, 4.69) is 0 Å². The summed E-state index contributed by atoms with van der Waals surface area (Å²) in [5.74, 6) is -2.29. The summed E-state index contributed by atoms with van der Waals surface area (Å²) in [6.07, 6.45) is -7.00. The molecule has 0 saturated heterocycles. The first-order valence-corrected chi connectivity index (χ1v) is 6.96. The number of aliphatic hydroxyl groups is 5. The highest BCUT2D eigenvalue weighted by molar-refractivity contribution is 5.90. The molecule has 0 amide bonds. The molecule has 0 radical (unpaired) electrons. The Hall–Kier alpha value is -1.78. The average Bonchev–Trinajstić information content (AvgIpc) is 2.48. The minimum absolute atomic E-state index is 0.118. The fourth-order valence-electron chi connectivity index (χ4n) is 2.49. The van der Waals surface area contributed by atoms with Gasteiger partial charge in [-0.1, -0.05) is 0 Å². The fourth-order valence-corrected chi connectivity index (χ4v) is 2.49. The topological polar surface area (TPSA) is 165 Å². The third-order valence-electron chi connectivity index (χ3n) is 3.85. The van der Waals surface area contributed by atoms with E-state index in [1.165, 1.54) is 0 Å². The first-order chi connectivity index (χ1) is 10.7. The maximum Gasteiger partial charge on any atom is 0.334 e. The van der Waals surface area contributed by atoms with Crippen LogP contribution in [0.4, 0.5) is 0 Å². The van der Waals surface area contributed by atoms with E-state index in [4.69, 9.17) is 9.84 Å². The van der Waals surface area contributed by atoms with Crippen molar-refractivity contribution >= 4 is 11.9 Å². The molecule has 0 aromatic rings. The largest absolute Gasteiger partial charge is 0.478 e. The van der Waals surface area contributed by atoms with Crippen molar-refractivity contribution in [3.8, 4) is 0 Å². The van der Waals surface area contributed by atoms with Gasteiger partial charge in [-0.2, -0.15) is 0 Å². The molecule has 6 atom stereocenters. The number of carboxylic acid groups (broad SMARTS) is 1. The molecule has 0 heterocycles. The molecule has 0 bridgehead atoms. The highest BCUT2D eigenvalue weighted by Gasteiger charge is 2.37. The van der Waals surface area contributed by atoms with Gasteiger partial charge >= 0.3 is 11.9 Å². The normalized spacial score (nSPS) is 37.6. The molecule has 2 aliphatic rings. The van der Waals surface area contributed by atoms with Crippen LogP contribution in [0.3, 0.4) is 0 Å². The van der Waals surface area contributed by atoms with Gasteiger partial charge in [-0.3, -0.25) is 0 Å². The summed E-state index contributed by atoms with van der Waals surface area (Å²) in [4.78, 5) is 23.0. The summed E-state index contributed by atoms with van der Waals surface area (Å²) in [5.41, 5.74) is -0.318. The van der Waals surface area contributed by atoms with Gasteiger partial charge in [0.05, 0.1) is 12.2 Å². The van der Waals surface area contributed by atoms with E-state index in [1.807, 2.05) is 0 Å². The van der Waals surface area contributed by atoms with Crippen molar-refractivity contribution < 1.29 is 45.0 Å². The van der Waals surface area contributed by atoms with Crippen LogP contribution in [-0.4, -0.2) is 79.2 Å². The molecule has 128 valence electrons. The van der Waals surface area contributed by atoms with Gasteiger partial charge in [-0.15, -0.1) is 0 Å². The molecule has 0 aromatic carbocycles. The zero-order valence-corrected chi connectivity index (χ0v) is 11.9. The highest BCUT2D eigenvalue weighted by Crippen LogP contribution is 2.25. The molecule has 2 aliphatic carbocycles. The second-order valence-corrected chi connectivity index (χ2v) is 5.57. The number of aliphatic hydroxyl groups excluding tert-OH is 5. The van der Waals surface area contributed by atoms with Crippen molar-refractivity contribution in [2.75, 3.05) is 0 Å². The van der Waals surface area contributed by atoms with Gasteiger partial charge in [0, 0.05) is 24.0 Å². The Morgan fingerprint density at radius 1 is 0.913 bits per heavy atom. The molecular formula is C14H18O9. The van der Waals surface area contributed by atoms with Gasteiger partial charge in [0.25, 0.3) is 0 Å². The van der Waals surface area contributed by atoms with Crippen LogP contribution in [0.15, 0.2) is 23.3 Å². The molecule has 23 heavy (non-hydrogen) atoms. The molecule has 0 saturated carbocycles. The second kappa shape index (κ2) is 6.77. The van der Waals surface area contributed by atoms with Crippen LogP contribution in [0, 0.1) is 0 Å². The number of rotatable bonds is 3. The van der Waals surface area contributed by atoms with Gasteiger partial charge in [-0.05, 0) is 12.2 Å². The Balaban J connectivity index is 2.14. The Kier molecular flexibility index (Phi) is 5.17. The third-order valence-corrected chi connectivity index (χ3v) is 3.85. The maximum absolute atomic E-state index is 12.0. The van der Waals surface area contributed by atoms with Crippen LogP contribution in [0.1, 0.15) is 12.8 Å². The van der Waals surface area contributed by atoms with E-state index >= 15 is 0 Å². The van der Waals surface area contributed by atoms with Crippen LogP contribution in [0.2, 0.25) is 0 Å². The first-order valence-electron chi connectivity index (χ1n) is 6.96. The summed E-state index contributed by atoms with van der Waals surface area (Å²) in [6.45, 7) is 0. The van der Waals surface area contributed by atoms with Crippen LogP contribution >= 0.6 is 0 Å². The molecule has 0 aromatic heterocycles. The Labute approximate surface area is 130 Å². The summed E-state index contributed by atoms with van der Waals surface area (Å²) < 4.78 is 4.96.